The van der Waals surface area contributed by atoms with Gasteiger partial charge in [-0.3, -0.25) is 5.32 Å². The van der Waals surface area contributed by atoms with Gasteiger partial charge >= 0.3 is 6.18 Å². The number of piperidine rings is 1. The molecule has 0 bridgehead atoms. The van der Waals surface area contributed by atoms with Crippen molar-refractivity contribution < 1.29 is 18.3 Å². The quantitative estimate of drug-likeness (QED) is 0.190. The number of aliphatic hydroxyl groups excluding tert-OH is 1. The monoisotopic (exact) mass is 612 g/mol. The minimum absolute atomic E-state index is 0.0838. The van der Waals surface area contributed by atoms with Crippen LogP contribution in [-0.2, 0) is 0 Å². The number of rotatable bonds is 10. The summed E-state index contributed by atoms with van der Waals surface area (Å²) in [6, 6.07) is 0.793. The van der Waals surface area contributed by atoms with Gasteiger partial charge in [-0.25, -0.2) is 0 Å². The van der Waals surface area contributed by atoms with Gasteiger partial charge in [0, 0.05) is 18.1 Å². The van der Waals surface area contributed by atoms with Crippen LogP contribution in [0.4, 0.5) is 13.2 Å². The Kier molecular flexibility index (Phi) is 11.9. The first-order chi connectivity index (χ1) is 20.6. The molecule has 250 valence electrons. The summed E-state index contributed by atoms with van der Waals surface area (Å²) < 4.78 is 42.2. The topological polar surface area (TPSA) is 56.3 Å². The van der Waals surface area contributed by atoms with E-state index in [1.54, 1.807) is 0 Å². The van der Waals surface area contributed by atoms with Crippen LogP contribution in [0.2, 0.25) is 0 Å². The second kappa shape index (κ2) is 15.0. The number of hydrogen-bond donors (Lipinski definition) is 4. The molecule has 14 atom stereocenters. The number of hydrogen-bond acceptors (Lipinski definition) is 4. The maximum Gasteiger partial charge on any atom is 0.391 e. The molecule has 0 aromatic rings. The van der Waals surface area contributed by atoms with Crippen molar-refractivity contribution in [1.29, 1.82) is 0 Å². The van der Waals surface area contributed by atoms with E-state index in [1.807, 2.05) is 0 Å². The summed E-state index contributed by atoms with van der Waals surface area (Å²) in [5.74, 6) is 3.55. The van der Waals surface area contributed by atoms with Crippen molar-refractivity contribution in [3.8, 4) is 0 Å². The van der Waals surface area contributed by atoms with E-state index in [0.717, 1.165) is 69.1 Å². The molecule has 0 amide bonds. The summed E-state index contributed by atoms with van der Waals surface area (Å²) in [7, 11) is 0. The molecule has 2 saturated heterocycles. The average molecular weight is 612 g/mol. The highest BCUT2D eigenvalue weighted by atomic mass is 19.4. The SMILES string of the molecule is CCCCC(CC)C1CC(NC(O)C2CCC(C)C(C3NC(C)C4CCC(C5CCCNC5)CC43)C2)CC(C(F)(F)F)C1. The molecule has 7 heteroatoms. The molecule has 0 aromatic carbocycles. The van der Waals surface area contributed by atoms with Gasteiger partial charge in [-0.1, -0.05) is 46.5 Å². The molecule has 5 aliphatic rings. The van der Waals surface area contributed by atoms with Gasteiger partial charge in [0.05, 0.1) is 5.92 Å². The fourth-order valence-corrected chi connectivity index (χ4v) is 10.9. The minimum atomic E-state index is -4.16. The standard InChI is InChI=1S/C36H64F3N3O/c1-5-7-9-24(6-2)28-16-29(36(37,38)39)20-30(17-28)42-35(43)26-12-11-22(3)32(19-26)34-33-18-25(27-10-8-15-40-21-27)13-14-31(33)23(4)41-34/h22-35,40-43H,5-21H2,1-4H3. The highest BCUT2D eigenvalue weighted by Gasteiger charge is 2.51. The van der Waals surface area contributed by atoms with Crippen molar-refractivity contribution in [1.82, 2.24) is 16.0 Å². The Balaban J connectivity index is 1.23. The second-order valence-electron chi connectivity index (χ2n) is 16.0. The third-order valence-corrected chi connectivity index (χ3v) is 13.5. The molecular weight excluding hydrogens is 547 g/mol. The summed E-state index contributed by atoms with van der Waals surface area (Å²) in [4.78, 5) is 0. The van der Waals surface area contributed by atoms with Gasteiger partial charge in [0.15, 0.2) is 0 Å². The summed E-state index contributed by atoms with van der Waals surface area (Å²) in [5, 5.41) is 22.7. The lowest BCUT2D eigenvalue weighted by Gasteiger charge is -2.45. The zero-order valence-corrected chi connectivity index (χ0v) is 27.7. The first-order valence-corrected chi connectivity index (χ1v) is 18.6. The summed E-state index contributed by atoms with van der Waals surface area (Å²) in [6.07, 6.45) is 10.2. The van der Waals surface area contributed by atoms with Crippen molar-refractivity contribution in [3.05, 3.63) is 0 Å². The van der Waals surface area contributed by atoms with Crippen LogP contribution in [0.1, 0.15) is 124 Å². The molecule has 5 rings (SSSR count). The largest absolute Gasteiger partial charge is 0.391 e. The molecular formula is C36H64F3N3O. The zero-order valence-electron chi connectivity index (χ0n) is 27.7. The third-order valence-electron chi connectivity index (χ3n) is 13.5. The van der Waals surface area contributed by atoms with Crippen LogP contribution in [0.25, 0.3) is 0 Å². The van der Waals surface area contributed by atoms with E-state index in [-0.39, 0.29) is 30.7 Å². The molecule has 0 spiro atoms. The van der Waals surface area contributed by atoms with E-state index < -0.39 is 18.3 Å². The van der Waals surface area contributed by atoms with Crippen LogP contribution in [0, 0.1) is 59.2 Å². The van der Waals surface area contributed by atoms with Crippen LogP contribution >= 0.6 is 0 Å². The van der Waals surface area contributed by atoms with Crippen LogP contribution < -0.4 is 16.0 Å². The van der Waals surface area contributed by atoms with Crippen molar-refractivity contribution >= 4 is 0 Å². The van der Waals surface area contributed by atoms with E-state index in [4.69, 9.17) is 0 Å². The normalized spacial score (nSPS) is 44.1. The van der Waals surface area contributed by atoms with E-state index in [9.17, 15) is 18.3 Å². The van der Waals surface area contributed by atoms with Gasteiger partial charge in [0.1, 0.15) is 6.23 Å². The highest BCUT2D eigenvalue weighted by Crippen LogP contribution is 2.50. The minimum Gasteiger partial charge on any atom is -0.378 e. The molecule has 43 heavy (non-hydrogen) atoms. The lowest BCUT2D eigenvalue weighted by atomic mass is 9.62. The van der Waals surface area contributed by atoms with E-state index in [1.165, 1.54) is 45.2 Å². The molecule has 3 saturated carbocycles. The van der Waals surface area contributed by atoms with Gasteiger partial charge in [0.25, 0.3) is 0 Å². The first kappa shape index (κ1) is 34.0. The van der Waals surface area contributed by atoms with Crippen LogP contribution in [0.3, 0.4) is 0 Å². The Hall–Kier alpha value is -0.370. The van der Waals surface area contributed by atoms with Gasteiger partial charge in [-0.05, 0) is 144 Å². The van der Waals surface area contributed by atoms with Crippen molar-refractivity contribution in [2.45, 2.75) is 155 Å². The number of fused-ring (bicyclic) bond motifs is 1. The lowest BCUT2D eigenvalue weighted by Crippen LogP contribution is -2.51. The van der Waals surface area contributed by atoms with Crippen molar-refractivity contribution in [2.24, 2.45) is 59.2 Å². The fourth-order valence-electron chi connectivity index (χ4n) is 10.9. The Morgan fingerprint density at radius 3 is 2.37 bits per heavy atom. The summed E-state index contributed by atoms with van der Waals surface area (Å²) in [5.41, 5.74) is 0. The van der Waals surface area contributed by atoms with E-state index in [2.05, 4.69) is 43.6 Å². The number of halogens is 3. The lowest BCUT2D eigenvalue weighted by molar-refractivity contribution is -0.191. The van der Waals surface area contributed by atoms with Crippen molar-refractivity contribution in [2.75, 3.05) is 13.1 Å². The Labute approximate surface area is 260 Å². The predicted octanol–water partition coefficient (Wildman–Crippen LogP) is 7.90. The second-order valence-corrected chi connectivity index (χ2v) is 16.0. The molecule has 4 N–H and O–H groups in total. The molecule has 3 aliphatic carbocycles. The van der Waals surface area contributed by atoms with Crippen LogP contribution in [0.15, 0.2) is 0 Å². The Bertz CT molecular complexity index is 850. The first-order valence-electron chi connectivity index (χ1n) is 18.6. The molecule has 2 heterocycles. The number of unbranched alkanes of at least 4 members (excludes halogenated alkanes) is 1. The Morgan fingerprint density at radius 2 is 1.67 bits per heavy atom. The highest BCUT2D eigenvalue weighted by molar-refractivity contribution is 5.04. The van der Waals surface area contributed by atoms with Gasteiger partial charge in [0.2, 0.25) is 0 Å². The van der Waals surface area contributed by atoms with Crippen LogP contribution in [0.5, 0.6) is 0 Å². The summed E-state index contributed by atoms with van der Waals surface area (Å²) >= 11 is 0. The Morgan fingerprint density at radius 1 is 0.860 bits per heavy atom. The van der Waals surface area contributed by atoms with Crippen LogP contribution in [-0.4, -0.2) is 48.7 Å². The average Bonchev–Trinajstić information content (AvgIpc) is 3.33. The molecule has 4 nitrogen and oxygen atoms in total. The molecule has 0 aromatic heterocycles. The molecule has 5 fully saturated rings. The molecule has 2 aliphatic heterocycles. The number of nitrogens with one attached hydrogen (secondary N) is 3. The van der Waals surface area contributed by atoms with E-state index >= 15 is 0 Å². The third kappa shape index (κ3) is 8.14. The fraction of sp³-hybridized carbons (Fsp3) is 1.00. The summed E-state index contributed by atoms with van der Waals surface area (Å²) in [6.45, 7) is 11.5. The maximum absolute atomic E-state index is 14.1. The predicted molar refractivity (Wildman–Crippen MR) is 169 cm³/mol. The van der Waals surface area contributed by atoms with Gasteiger partial charge < -0.3 is 15.7 Å². The maximum atomic E-state index is 14.1. The zero-order chi connectivity index (χ0) is 30.7. The molecule has 0 radical (unpaired) electrons. The van der Waals surface area contributed by atoms with Gasteiger partial charge in [-0.15, -0.1) is 0 Å². The van der Waals surface area contributed by atoms with Gasteiger partial charge in [-0.2, -0.15) is 13.2 Å². The molecule has 14 unspecified atom stereocenters. The number of aliphatic hydroxyl groups is 1. The van der Waals surface area contributed by atoms with Crippen molar-refractivity contribution in [3.63, 3.8) is 0 Å². The van der Waals surface area contributed by atoms with E-state index in [0.29, 0.717) is 35.8 Å². The number of alkyl halides is 3. The smallest absolute Gasteiger partial charge is 0.378 e.